The van der Waals surface area contributed by atoms with Crippen LogP contribution in [0.15, 0.2) is 36.9 Å². The first kappa shape index (κ1) is 8.23. The molecule has 0 saturated carbocycles. The van der Waals surface area contributed by atoms with Crippen LogP contribution >= 0.6 is 0 Å². The maximum atomic E-state index is 13.6. The van der Waals surface area contributed by atoms with Crippen LogP contribution in [0.3, 0.4) is 0 Å². The summed E-state index contributed by atoms with van der Waals surface area (Å²) in [7, 11) is 0. The average molecular weight is 201 g/mol. The van der Waals surface area contributed by atoms with Crippen LogP contribution in [0.4, 0.5) is 4.39 Å². The van der Waals surface area contributed by atoms with Gasteiger partial charge in [-0.1, -0.05) is 6.07 Å². The van der Waals surface area contributed by atoms with E-state index in [1.807, 2.05) is 6.07 Å². The number of benzene rings is 1. The first-order valence-electron chi connectivity index (χ1n) is 4.60. The van der Waals surface area contributed by atoms with Crippen LogP contribution in [-0.2, 0) is 0 Å². The molecule has 2 N–H and O–H groups in total. The van der Waals surface area contributed by atoms with Gasteiger partial charge in [0, 0.05) is 22.7 Å². The first-order chi connectivity index (χ1) is 7.36. The molecule has 74 valence electrons. The van der Waals surface area contributed by atoms with Crippen molar-refractivity contribution in [1.29, 1.82) is 0 Å². The predicted octanol–water partition coefficient (Wildman–Crippen LogP) is 2.70. The van der Waals surface area contributed by atoms with Gasteiger partial charge in [0.25, 0.3) is 0 Å². The number of rotatable bonds is 1. The Bertz CT molecular complexity index is 595. The van der Waals surface area contributed by atoms with Crippen molar-refractivity contribution in [2.45, 2.75) is 0 Å². The molecule has 4 heteroatoms. The minimum atomic E-state index is -0.224. The van der Waals surface area contributed by atoms with Gasteiger partial charge in [-0.15, -0.1) is 0 Å². The Balaban J connectivity index is 2.37. The molecule has 0 bridgehead atoms. The van der Waals surface area contributed by atoms with Gasteiger partial charge in [-0.3, -0.25) is 0 Å². The Morgan fingerprint density at radius 3 is 2.93 bits per heavy atom. The summed E-state index contributed by atoms with van der Waals surface area (Å²) in [6.45, 7) is 0. The third-order valence-corrected chi connectivity index (χ3v) is 2.44. The van der Waals surface area contributed by atoms with Gasteiger partial charge < -0.3 is 9.97 Å². The largest absolute Gasteiger partial charge is 0.360 e. The number of nitrogens with zero attached hydrogens (tertiary/aromatic N) is 1. The van der Waals surface area contributed by atoms with Gasteiger partial charge in [0.05, 0.1) is 18.2 Å². The minimum absolute atomic E-state index is 0.224. The maximum absolute atomic E-state index is 13.6. The Morgan fingerprint density at radius 1 is 1.20 bits per heavy atom. The zero-order valence-corrected chi connectivity index (χ0v) is 7.79. The van der Waals surface area contributed by atoms with E-state index < -0.39 is 0 Å². The molecule has 15 heavy (non-hydrogen) atoms. The van der Waals surface area contributed by atoms with Crippen LogP contribution in [0.25, 0.3) is 22.2 Å². The van der Waals surface area contributed by atoms with Gasteiger partial charge in [0.15, 0.2) is 0 Å². The van der Waals surface area contributed by atoms with Crippen molar-refractivity contribution in [3.8, 4) is 11.3 Å². The van der Waals surface area contributed by atoms with Crippen molar-refractivity contribution < 1.29 is 4.39 Å². The van der Waals surface area contributed by atoms with Gasteiger partial charge in [0.2, 0.25) is 0 Å². The number of imidazole rings is 1. The Kier molecular flexibility index (Phi) is 1.62. The zero-order valence-electron chi connectivity index (χ0n) is 7.79. The van der Waals surface area contributed by atoms with Crippen molar-refractivity contribution in [1.82, 2.24) is 15.0 Å². The van der Waals surface area contributed by atoms with E-state index >= 15 is 0 Å². The van der Waals surface area contributed by atoms with Crippen LogP contribution in [0.1, 0.15) is 0 Å². The van der Waals surface area contributed by atoms with Gasteiger partial charge >= 0.3 is 0 Å². The molecule has 0 saturated heterocycles. The number of halogens is 1. The fourth-order valence-electron chi connectivity index (χ4n) is 1.76. The second-order valence-corrected chi connectivity index (χ2v) is 3.33. The van der Waals surface area contributed by atoms with E-state index in [9.17, 15) is 4.39 Å². The number of nitrogens with one attached hydrogen (secondary N) is 2. The number of H-pyrrole nitrogens is 2. The molecule has 3 aromatic rings. The second-order valence-electron chi connectivity index (χ2n) is 3.33. The van der Waals surface area contributed by atoms with E-state index in [1.165, 1.54) is 6.07 Å². The van der Waals surface area contributed by atoms with Crippen molar-refractivity contribution in [2.75, 3.05) is 0 Å². The van der Waals surface area contributed by atoms with Gasteiger partial charge in [-0.05, 0) is 12.1 Å². The molecule has 0 atom stereocenters. The van der Waals surface area contributed by atoms with Gasteiger partial charge in [0.1, 0.15) is 5.82 Å². The quantitative estimate of drug-likeness (QED) is 0.624. The topological polar surface area (TPSA) is 44.5 Å². The molecule has 0 aliphatic heterocycles. The first-order valence-corrected chi connectivity index (χ1v) is 4.60. The summed E-state index contributed by atoms with van der Waals surface area (Å²) < 4.78 is 13.6. The summed E-state index contributed by atoms with van der Waals surface area (Å²) in [5.41, 5.74) is 2.41. The number of aromatic amines is 2. The standard InChI is InChI=1S/C11H8FN3/c12-8-2-1-3-9-11(8)7(4-14-9)10-5-13-6-15-10/h1-6,14H,(H,13,15). The maximum Gasteiger partial charge on any atom is 0.133 e. The summed E-state index contributed by atoms with van der Waals surface area (Å²) in [6.07, 6.45) is 5.03. The zero-order chi connectivity index (χ0) is 10.3. The monoisotopic (exact) mass is 201 g/mol. The van der Waals surface area contributed by atoms with E-state index in [4.69, 9.17) is 0 Å². The summed E-state index contributed by atoms with van der Waals surface area (Å²) in [5.74, 6) is -0.224. The summed E-state index contributed by atoms with van der Waals surface area (Å²) in [6, 6.07) is 4.99. The van der Waals surface area contributed by atoms with E-state index in [0.717, 1.165) is 16.8 Å². The molecule has 0 radical (unpaired) electrons. The highest BCUT2D eigenvalue weighted by Crippen LogP contribution is 2.28. The lowest BCUT2D eigenvalue weighted by atomic mass is 10.1. The molecule has 2 heterocycles. The highest BCUT2D eigenvalue weighted by Gasteiger charge is 2.10. The fourth-order valence-corrected chi connectivity index (χ4v) is 1.76. The van der Waals surface area contributed by atoms with Crippen LogP contribution in [0.5, 0.6) is 0 Å². The van der Waals surface area contributed by atoms with Crippen LogP contribution in [0, 0.1) is 5.82 Å². The molecule has 0 unspecified atom stereocenters. The Morgan fingerprint density at radius 2 is 2.13 bits per heavy atom. The minimum Gasteiger partial charge on any atom is -0.360 e. The highest BCUT2D eigenvalue weighted by atomic mass is 19.1. The van der Waals surface area contributed by atoms with E-state index in [1.54, 1.807) is 24.8 Å². The molecule has 0 spiro atoms. The Labute approximate surface area is 85.0 Å². The number of hydrogen-bond acceptors (Lipinski definition) is 1. The van der Waals surface area contributed by atoms with Crippen molar-refractivity contribution in [3.05, 3.63) is 42.7 Å². The molecule has 3 nitrogen and oxygen atoms in total. The molecule has 0 aliphatic rings. The van der Waals surface area contributed by atoms with Crippen LogP contribution in [-0.4, -0.2) is 15.0 Å². The van der Waals surface area contributed by atoms with E-state index in [2.05, 4.69) is 15.0 Å². The molecule has 0 fully saturated rings. The van der Waals surface area contributed by atoms with Crippen LogP contribution in [0.2, 0.25) is 0 Å². The lowest BCUT2D eigenvalue weighted by Crippen LogP contribution is -1.78. The third-order valence-electron chi connectivity index (χ3n) is 2.44. The van der Waals surface area contributed by atoms with Gasteiger partial charge in [-0.2, -0.15) is 0 Å². The fraction of sp³-hybridized carbons (Fsp3) is 0. The normalized spacial score (nSPS) is 11.0. The van der Waals surface area contributed by atoms with Crippen LogP contribution < -0.4 is 0 Å². The summed E-state index contributed by atoms with van der Waals surface area (Å²) >= 11 is 0. The SMILES string of the molecule is Fc1cccc2[nH]cc(-c3cnc[nH]3)c12. The molecule has 2 aromatic heterocycles. The molecular formula is C11H8FN3. The molecule has 0 amide bonds. The summed E-state index contributed by atoms with van der Waals surface area (Å²) in [5, 5.41) is 0.599. The second kappa shape index (κ2) is 2.95. The lowest BCUT2D eigenvalue weighted by molar-refractivity contribution is 0.640. The third kappa shape index (κ3) is 1.15. The summed E-state index contributed by atoms with van der Waals surface area (Å²) in [4.78, 5) is 9.91. The van der Waals surface area contributed by atoms with E-state index in [0.29, 0.717) is 5.39 Å². The van der Waals surface area contributed by atoms with Crippen molar-refractivity contribution in [3.63, 3.8) is 0 Å². The molecule has 3 rings (SSSR count). The molecule has 0 aliphatic carbocycles. The predicted molar refractivity (Wildman–Crippen MR) is 55.8 cm³/mol. The Hall–Kier alpha value is -2.10. The number of hydrogen-bond donors (Lipinski definition) is 2. The molecule has 1 aromatic carbocycles. The van der Waals surface area contributed by atoms with Crippen molar-refractivity contribution in [2.24, 2.45) is 0 Å². The van der Waals surface area contributed by atoms with Crippen molar-refractivity contribution >= 4 is 10.9 Å². The molecular weight excluding hydrogens is 193 g/mol. The highest BCUT2D eigenvalue weighted by molar-refractivity contribution is 5.94. The lowest BCUT2D eigenvalue weighted by Gasteiger charge is -1.96. The van der Waals surface area contributed by atoms with E-state index in [-0.39, 0.29) is 5.82 Å². The smallest absolute Gasteiger partial charge is 0.133 e. The average Bonchev–Trinajstić information content (AvgIpc) is 2.85. The van der Waals surface area contributed by atoms with Gasteiger partial charge in [-0.25, -0.2) is 9.37 Å². The number of aromatic nitrogens is 3. The number of fused-ring (bicyclic) bond motifs is 1.